The van der Waals surface area contributed by atoms with Gasteiger partial charge in [0.2, 0.25) is 11.8 Å². The molecule has 8 heteroatoms. The molecule has 3 fully saturated rings. The number of aliphatic hydroxyl groups excluding tert-OH is 1. The lowest BCUT2D eigenvalue weighted by Gasteiger charge is -2.45. The molecule has 2 amide bonds. The molecule has 8 nitrogen and oxygen atoms in total. The minimum Gasteiger partial charge on any atom is -0.466 e. The van der Waals surface area contributed by atoms with Gasteiger partial charge in [-0.25, -0.2) is 0 Å². The molecule has 3 rings (SSSR count). The summed E-state index contributed by atoms with van der Waals surface area (Å²) in [6.07, 6.45) is 5.29. The van der Waals surface area contributed by atoms with Gasteiger partial charge in [-0.2, -0.15) is 0 Å². The number of rotatable bonds is 12. The molecule has 3 aliphatic heterocycles. The Labute approximate surface area is 222 Å². The van der Waals surface area contributed by atoms with E-state index in [0.717, 1.165) is 6.42 Å². The van der Waals surface area contributed by atoms with Gasteiger partial charge >= 0.3 is 5.97 Å². The lowest BCUT2D eigenvalue weighted by atomic mass is 9.65. The Balaban J connectivity index is 2.11. The maximum Gasteiger partial charge on any atom is 0.312 e. The van der Waals surface area contributed by atoms with Gasteiger partial charge in [-0.15, -0.1) is 6.58 Å². The average Bonchev–Trinajstić information content (AvgIpc) is 3.39. The highest BCUT2D eigenvalue weighted by Gasteiger charge is 2.79. The van der Waals surface area contributed by atoms with E-state index >= 15 is 0 Å². The van der Waals surface area contributed by atoms with Crippen LogP contribution in [0.1, 0.15) is 87.0 Å². The third kappa shape index (κ3) is 5.08. The van der Waals surface area contributed by atoms with Crippen LogP contribution in [0.2, 0.25) is 0 Å². The molecule has 0 radical (unpaired) electrons. The van der Waals surface area contributed by atoms with Crippen molar-refractivity contribution in [2.45, 2.75) is 110 Å². The number of ether oxygens (including phenoxy) is 2. The second kappa shape index (κ2) is 10.7. The fourth-order valence-electron chi connectivity index (χ4n) is 7.53. The Kier molecular flexibility index (Phi) is 8.55. The average molecular weight is 521 g/mol. The standard InChI is InChI=1S/C29H48N2O6/c1-9-16-31(27(7,8)19-26(4,5)6)24(34)22-29-15-14-28(10-2,37-29)21(25(35)36-11-3)20(29)23(33)30(22)17-12-13-18-32/h9,20-22,32H,1,10-19H2,2-8H3/t20-,21+,22?,28-,29?/m0/s1. The van der Waals surface area contributed by atoms with Crippen molar-refractivity contribution >= 4 is 17.8 Å². The number of esters is 1. The van der Waals surface area contributed by atoms with Crippen molar-refractivity contribution in [3.63, 3.8) is 0 Å². The van der Waals surface area contributed by atoms with Crippen molar-refractivity contribution < 1.29 is 29.0 Å². The van der Waals surface area contributed by atoms with E-state index in [1.165, 1.54) is 0 Å². The number of aliphatic hydroxyl groups is 1. The number of amides is 2. The van der Waals surface area contributed by atoms with Crippen LogP contribution in [0.25, 0.3) is 0 Å². The number of hydrogen-bond acceptors (Lipinski definition) is 6. The molecule has 0 aliphatic carbocycles. The predicted molar refractivity (Wildman–Crippen MR) is 142 cm³/mol. The van der Waals surface area contributed by atoms with Crippen molar-refractivity contribution in [1.82, 2.24) is 9.80 Å². The summed E-state index contributed by atoms with van der Waals surface area (Å²) in [5.74, 6) is -2.27. The predicted octanol–water partition coefficient (Wildman–Crippen LogP) is 3.71. The van der Waals surface area contributed by atoms with Gasteiger partial charge in [0.05, 0.1) is 18.1 Å². The smallest absolute Gasteiger partial charge is 0.312 e. The molecule has 210 valence electrons. The quantitative estimate of drug-likeness (QED) is 0.239. The van der Waals surface area contributed by atoms with E-state index in [0.29, 0.717) is 45.2 Å². The number of fused-ring (bicyclic) bond motifs is 1. The molecule has 3 aliphatic rings. The van der Waals surface area contributed by atoms with Crippen LogP contribution >= 0.6 is 0 Å². The Morgan fingerprint density at radius 3 is 2.43 bits per heavy atom. The summed E-state index contributed by atoms with van der Waals surface area (Å²) in [5, 5.41) is 9.38. The zero-order valence-electron chi connectivity index (χ0n) is 24.0. The molecule has 0 aromatic heterocycles. The van der Waals surface area contributed by atoms with Crippen molar-refractivity contribution in [3.8, 4) is 0 Å². The molecule has 0 aromatic rings. The molecule has 2 bridgehead atoms. The van der Waals surface area contributed by atoms with Gasteiger partial charge in [-0.3, -0.25) is 14.4 Å². The number of likely N-dealkylation sites (tertiary alicyclic amines) is 1. The van der Waals surface area contributed by atoms with E-state index in [1.807, 2.05) is 11.8 Å². The largest absolute Gasteiger partial charge is 0.466 e. The summed E-state index contributed by atoms with van der Waals surface area (Å²) in [5.41, 5.74) is -2.40. The van der Waals surface area contributed by atoms with Gasteiger partial charge in [0.15, 0.2) is 0 Å². The van der Waals surface area contributed by atoms with Crippen LogP contribution < -0.4 is 0 Å². The molecule has 2 unspecified atom stereocenters. The molecule has 37 heavy (non-hydrogen) atoms. The molecule has 0 saturated carbocycles. The van der Waals surface area contributed by atoms with Crippen molar-refractivity contribution in [1.29, 1.82) is 0 Å². The van der Waals surface area contributed by atoms with Gasteiger partial charge in [0, 0.05) is 25.2 Å². The second-order valence-corrected chi connectivity index (χ2v) is 12.8. The SMILES string of the molecule is C=CCN(C(=O)C1N(CCCCO)C(=O)[C@@H]2[C@H](C(=O)OCC)[C@]3(CC)CCC12O3)C(C)(C)CC(C)(C)C. The van der Waals surface area contributed by atoms with Crippen LogP contribution in [0.15, 0.2) is 12.7 Å². The fourth-order valence-corrected chi connectivity index (χ4v) is 7.53. The van der Waals surface area contributed by atoms with Gasteiger partial charge in [-0.1, -0.05) is 33.8 Å². The molecule has 3 saturated heterocycles. The normalized spacial score (nSPS) is 31.0. The van der Waals surface area contributed by atoms with Crippen molar-refractivity contribution in [3.05, 3.63) is 12.7 Å². The number of unbranched alkanes of at least 4 members (excludes halogenated alkanes) is 1. The summed E-state index contributed by atoms with van der Waals surface area (Å²) in [6, 6.07) is -0.837. The van der Waals surface area contributed by atoms with E-state index in [-0.39, 0.29) is 30.4 Å². The Hall–Kier alpha value is -1.93. The first-order chi connectivity index (χ1) is 17.2. The molecule has 3 heterocycles. The van der Waals surface area contributed by atoms with E-state index in [4.69, 9.17) is 9.47 Å². The van der Waals surface area contributed by atoms with E-state index in [9.17, 15) is 19.5 Å². The molecular weight excluding hydrogens is 472 g/mol. The van der Waals surface area contributed by atoms with E-state index in [1.54, 1.807) is 17.9 Å². The summed E-state index contributed by atoms with van der Waals surface area (Å²) >= 11 is 0. The van der Waals surface area contributed by atoms with Crippen LogP contribution in [-0.4, -0.2) is 81.8 Å². The van der Waals surface area contributed by atoms with Crippen LogP contribution in [0.5, 0.6) is 0 Å². The monoisotopic (exact) mass is 520 g/mol. The first kappa shape index (κ1) is 29.6. The van der Waals surface area contributed by atoms with Crippen LogP contribution in [0.4, 0.5) is 0 Å². The molecule has 0 aromatic carbocycles. The Bertz CT molecular complexity index is 895. The first-order valence-electron chi connectivity index (χ1n) is 14.0. The van der Waals surface area contributed by atoms with E-state index < -0.39 is 40.6 Å². The third-order valence-electron chi connectivity index (χ3n) is 8.53. The number of carbonyl (C=O) groups is 3. The summed E-state index contributed by atoms with van der Waals surface area (Å²) in [7, 11) is 0. The number of hydrogen-bond donors (Lipinski definition) is 1. The molecule has 1 spiro atoms. The lowest BCUT2D eigenvalue weighted by molar-refractivity contribution is -0.162. The van der Waals surface area contributed by atoms with Gasteiger partial charge in [-0.05, 0) is 64.7 Å². The maximum absolute atomic E-state index is 14.6. The van der Waals surface area contributed by atoms with Crippen molar-refractivity contribution in [2.24, 2.45) is 17.3 Å². The van der Waals surface area contributed by atoms with Crippen LogP contribution in [-0.2, 0) is 23.9 Å². The molecule has 5 atom stereocenters. The lowest BCUT2D eigenvalue weighted by Crippen LogP contribution is -2.61. The molecule has 1 N–H and O–H groups in total. The zero-order chi connectivity index (χ0) is 27.8. The Morgan fingerprint density at radius 2 is 1.89 bits per heavy atom. The summed E-state index contributed by atoms with van der Waals surface area (Å²) in [6.45, 7) is 19.1. The van der Waals surface area contributed by atoms with Gasteiger partial charge in [0.25, 0.3) is 0 Å². The number of nitrogens with zero attached hydrogens (tertiary/aromatic N) is 2. The number of carbonyl (C=O) groups excluding carboxylic acids is 3. The minimum absolute atomic E-state index is 0.0112. The minimum atomic E-state index is -1.07. The topological polar surface area (TPSA) is 96.4 Å². The third-order valence-corrected chi connectivity index (χ3v) is 8.53. The first-order valence-corrected chi connectivity index (χ1v) is 14.0. The van der Waals surface area contributed by atoms with E-state index in [2.05, 4.69) is 41.2 Å². The van der Waals surface area contributed by atoms with Crippen molar-refractivity contribution in [2.75, 3.05) is 26.3 Å². The second-order valence-electron chi connectivity index (χ2n) is 12.8. The summed E-state index contributed by atoms with van der Waals surface area (Å²) in [4.78, 5) is 45.5. The highest BCUT2D eigenvalue weighted by Crippen LogP contribution is 2.64. The van der Waals surface area contributed by atoms with Gasteiger partial charge in [0.1, 0.15) is 17.6 Å². The maximum atomic E-state index is 14.6. The summed E-state index contributed by atoms with van der Waals surface area (Å²) < 4.78 is 12.2. The Morgan fingerprint density at radius 1 is 1.22 bits per heavy atom. The van der Waals surface area contributed by atoms with Gasteiger partial charge < -0.3 is 24.4 Å². The highest BCUT2D eigenvalue weighted by atomic mass is 16.6. The molecular formula is C29H48N2O6. The highest BCUT2D eigenvalue weighted by molar-refractivity contribution is 5.98. The fraction of sp³-hybridized carbons (Fsp3) is 0.828. The zero-order valence-corrected chi connectivity index (χ0v) is 24.0. The van der Waals surface area contributed by atoms with Crippen LogP contribution in [0.3, 0.4) is 0 Å². The van der Waals surface area contributed by atoms with Crippen LogP contribution in [0, 0.1) is 17.3 Å².